The summed E-state index contributed by atoms with van der Waals surface area (Å²) in [6.45, 7) is 1.35. The molecule has 0 amide bonds. The summed E-state index contributed by atoms with van der Waals surface area (Å²) in [5.41, 5.74) is 0.0226. The van der Waals surface area contributed by atoms with E-state index in [0.29, 0.717) is 24.7 Å². The Morgan fingerprint density at radius 1 is 1.50 bits per heavy atom. The van der Waals surface area contributed by atoms with Crippen LogP contribution >= 0.6 is 0 Å². The van der Waals surface area contributed by atoms with E-state index < -0.39 is 11.5 Å². The van der Waals surface area contributed by atoms with Gasteiger partial charge in [0.05, 0.1) is 43.5 Å². The zero-order chi connectivity index (χ0) is 14.5. The summed E-state index contributed by atoms with van der Waals surface area (Å²) in [6.07, 6.45) is 0.916. The monoisotopic (exact) mass is 283 g/mol. The second-order valence-electron chi connectivity index (χ2n) is 4.59. The average molecular weight is 283 g/mol. The molecule has 110 valence electrons. The van der Waals surface area contributed by atoms with Gasteiger partial charge < -0.3 is 19.3 Å². The van der Waals surface area contributed by atoms with Crippen molar-refractivity contribution < 1.29 is 24.2 Å². The number of rotatable bonds is 6. The van der Waals surface area contributed by atoms with Crippen molar-refractivity contribution in [3.63, 3.8) is 0 Å². The number of hydrogen-bond acceptors (Lipinski definition) is 6. The lowest BCUT2D eigenvalue weighted by Crippen LogP contribution is -2.12. The smallest absolute Gasteiger partial charge is 0.278 e. The minimum atomic E-state index is -0.545. The molecular formula is C13H17NO6. The first kappa shape index (κ1) is 14.5. The van der Waals surface area contributed by atoms with Crippen molar-refractivity contribution in [3.8, 4) is 11.5 Å². The van der Waals surface area contributed by atoms with Crippen molar-refractivity contribution in [2.75, 3.05) is 26.9 Å². The van der Waals surface area contributed by atoms with Gasteiger partial charge in [-0.05, 0) is 12.5 Å². The summed E-state index contributed by atoms with van der Waals surface area (Å²) in [7, 11) is 1.45. The Morgan fingerprint density at radius 2 is 2.30 bits per heavy atom. The van der Waals surface area contributed by atoms with Gasteiger partial charge in [0.15, 0.2) is 11.5 Å². The SMILES string of the molecule is COc1cc(CO)c([N+](=O)[O-])cc1OCC1CCOC1. The maximum Gasteiger partial charge on any atom is 0.278 e. The van der Waals surface area contributed by atoms with Gasteiger partial charge in [-0.15, -0.1) is 0 Å². The Bertz CT molecular complexity index is 484. The second-order valence-corrected chi connectivity index (χ2v) is 4.59. The van der Waals surface area contributed by atoms with Crippen molar-refractivity contribution >= 4 is 5.69 Å². The highest BCUT2D eigenvalue weighted by atomic mass is 16.6. The molecule has 1 aromatic rings. The third kappa shape index (κ3) is 3.17. The summed E-state index contributed by atoms with van der Waals surface area (Å²) < 4.78 is 16.0. The average Bonchev–Trinajstić information content (AvgIpc) is 2.97. The highest BCUT2D eigenvalue weighted by molar-refractivity contribution is 5.54. The van der Waals surface area contributed by atoms with E-state index >= 15 is 0 Å². The van der Waals surface area contributed by atoms with Crippen LogP contribution in [0.2, 0.25) is 0 Å². The molecule has 7 heteroatoms. The van der Waals surface area contributed by atoms with Crippen LogP contribution in [0.1, 0.15) is 12.0 Å². The van der Waals surface area contributed by atoms with E-state index in [1.165, 1.54) is 19.2 Å². The van der Waals surface area contributed by atoms with E-state index in [-0.39, 0.29) is 17.2 Å². The number of methoxy groups -OCH3 is 1. The van der Waals surface area contributed by atoms with Crippen LogP contribution in [0.5, 0.6) is 11.5 Å². The Morgan fingerprint density at radius 3 is 2.85 bits per heavy atom. The maximum atomic E-state index is 11.0. The summed E-state index contributed by atoms with van der Waals surface area (Å²) in [6, 6.07) is 2.72. The molecule has 20 heavy (non-hydrogen) atoms. The predicted octanol–water partition coefficient (Wildman–Crippen LogP) is 1.51. The molecule has 0 aliphatic carbocycles. The molecule has 0 spiro atoms. The number of benzene rings is 1. The second kappa shape index (κ2) is 6.53. The first-order valence-electron chi connectivity index (χ1n) is 6.32. The Kier molecular flexibility index (Phi) is 4.75. The Hall–Kier alpha value is -1.86. The summed E-state index contributed by atoms with van der Waals surface area (Å²) in [4.78, 5) is 10.4. The first-order chi connectivity index (χ1) is 9.65. The minimum absolute atomic E-state index is 0.175. The van der Waals surface area contributed by atoms with E-state index in [2.05, 4.69) is 0 Å². The van der Waals surface area contributed by atoms with Crippen molar-refractivity contribution in [2.45, 2.75) is 13.0 Å². The van der Waals surface area contributed by atoms with Gasteiger partial charge >= 0.3 is 0 Å². The molecule has 0 aromatic heterocycles. The van der Waals surface area contributed by atoms with Crippen LogP contribution in [-0.2, 0) is 11.3 Å². The van der Waals surface area contributed by atoms with Crippen molar-refractivity contribution in [1.29, 1.82) is 0 Å². The van der Waals surface area contributed by atoms with Crippen LogP contribution in [0.15, 0.2) is 12.1 Å². The van der Waals surface area contributed by atoms with Crippen molar-refractivity contribution in [1.82, 2.24) is 0 Å². The molecule has 0 saturated carbocycles. The largest absolute Gasteiger partial charge is 0.493 e. The van der Waals surface area contributed by atoms with Crippen LogP contribution in [0.3, 0.4) is 0 Å². The molecule has 1 aliphatic rings. The normalized spacial score (nSPS) is 18.0. The number of nitro benzene ring substituents is 1. The Balaban J connectivity index is 2.20. The van der Waals surface area contributed by atoms with Crippen molar-refractivity contribution in [3.05, 3.63) is 27.8 Å². The summed E-state index contributed by atoms with van der Waals surface area (Å²) in [5, 5.41) is 20.1. The maximum absolute atomic E-state index is 11.0. The molecule has 1 unspecified atom stereocenters. The van der Waals surface area contributed by atoms with E-state index in [0.717, 1.165) is 13.0 Å². The predicted molar refractivity (Wildman–Crippen MR) is 70.0 cm³/mol. The quantitative estimate of drug-likeness (QED) is 0.628. The lowest BCUT2D eigenvalue weighted by atomic mass is 10.1. The minimum Gasteiger partial charge on any atom is -0.493 e. The molecule has 2 rings (SSSR count). The molecule has 7 nitrogen and oxygen atoms in total. The standard InChI is InChI=1S/C13H17NO6/c1-18-12-4-10(6-15)11(14(16)17)5-13(12)20-8-9-2-3-19-7-9/h4-5,9,15H,2-3,6-8H2,1H3. The molecule has 1 atom stereocenters. The van der Waals surface area contributed by atoms with Crippen molar-refractivity contribution in [2.24, 2.45) is 5.92 Å². The number of aliphatic hydroxyl groups is 1. The number of ether oxygens (including phenoxy) is 3. The van der Waals surface area contributed by atoms with E-state index in [4.69, 9.17) is 19.3 Å². The lowest BCUT2D eigenvalue weighted by molar-refractivity contribution is -0.385. The number of nitro groups is 1. The fraction of sp³-hybridized carbons (Fsp3) is 0.538. The highest BCUT2D eigenvalue weighted by Crippen LogP contribution is 2.35. The fourth-order valence-corrected chi connectivity index (χ4v) is 2.08. The first-order valence-corrected chi connectivity index (χ1v) is 6.32. The van der Waals surface area contributed by atoms with Gasteiger partial charge in [-0.3, -0.25) is 10.1 Å². The van der Waals surface area contributed by atoms with Gasteiger partial charge in [0, 0.05) is 12.5 Å². The van der Waals surface area contributed by atoms with Gasteiger partial charge in [0.25, 0.3) is 5.69 Å². The molecule has 0 bridgehead atoms. The van der Waals surface area contributed by atoms with Crippen LogP contribution < -0.4 is 9.47 Å². The topological polar surface area (TPSA) is 91.1 Å². The van der Waals surface area contributed by atoms with Crippen LogP contribution in [0.25, 0.3) is 0 Å². The molecule has 1 aromatic carbocycles. The van der Waals surface area contributed by atoms with Gasteiger partial charge in [0.1, 0.15) is 0 Å². The molecule has 0 radical (unpaired) electrons. The summed E-state index contributed by atoms with van der Waals surface area (Å²) >= 11 is 0. The lowest BCUT2D eigenvalue weighted by Gasteiger charge is -2.14. The van der Waals surface area contributed by atoms with Crippen LogP contribution in [-0.4, -0.2) is 37.0 Å². The van der Waals surface area contributed by atoms with Gasteiger partial charge in [-0.25, -0.2) is 0 Å². The van der Waals surface area contributed by atoms with Crippen LogP contribution in [0.4, 0.5) is 5.69 Å². The molecule has 1 fully saturated rings. The highest BCUT2D eigenvalue weighted by Gasteiger charge is 2.21. The zero-order valence-electron chi connectivity index (χ0n) is 11.2. The van der Waals surface area contributed by atoms with Crippen LogP contribution in [0, 0.1) is 16.0 Å². The number of aliphatic hydroxyl groups excluding tert-OH is 1. The van der Waals surface area contributed by atoms with Gasteiger partial charge in [-0.1, -0.05) is 0 Å². The Labute approximate surface area is 116 Å². The molecule has 1 saturated heterocycles. The molecular weight excluding hydrogens is 266 g/mol. The van der Waals surface area contributed by atoms with E-state index in [1.54, 1.807) is 0 Å². The van der Waals surface area contributed by atoms with Gasteiger partial charge in [0.2, 0.25) is 0 Å². The fourth-order valence-electron chi connectivity index (χ4n) is 2.08. The summed E-state index contributed by atoms with van der Waals surface area (Å²) in [5.74, 6) is 0.971. The zero-order valence-corrected chi connectivity index (χ0v) is 11.2. The third-order valence-electron chi connectivity index (χ3n) is 3.23. The van der Waals surface area contributed by atoms with E-state index in [9.17, 15) is 10.1 Å². The number of nitrogens with zero attached hydrogens (tertiary/aromatic N) is 1. The molecule has 1 aliphatic heterocycles. The number of hydrogen-bond donors (Lipinski definition) is 1. The van der Waals surface area contributed by atoms with Gasteiger partial charge in [-0.2, -0.15) is 0 Å². The molecule has 1 heterocycles. The van der Waals surface area contributed by atoms with E-state index in [1.807, 2.05) is 0 Å². The third-order valence-corrected chi connectivity index (χ3v) is 3.23. The molecule has 1 N–H and O–H groups in total.